The lowest BCUT2D eigenvalue weighted by Gasteiger charge is -2.11. The quantitative estimate of drug-likeness (QED) is 0.708. The Morgan fingerprint density at radius 3 is 2.52 bits per heavy atom. The summed E-state index contributed by atoms with van der Waals surface area (Å²) in [7, 11) is 0. The number of nitrogens with one attached hydrogen (secondary N) is 2. The highest BCUT2D eigenvalue weighted by atomic mass is 16.4. The molecule has 1 amide bonds. The van der Waals surface area contributed by atoms with Crippen LogP contribution < -0.4 is 10.9 Å². The van der Waals surface area contributed by atoms with Crippen molar-refractivity contribution in [2.45, 2.75) is 33.6 Å². The first kappa shape index (κ1) is 16.9. The standard InChI is InChI=1S/C15H22N2O4/c1-9(2)4-12-6-11(7-13(18)17-12)15(21)16-8-10(3)5-14(19)20/h6-7,9-10H,4-5,8H2,1-3H3,(H,16,21)(H,17,18)(H,19,20). The molecule has 1 heterocycles. The monoisotopic (exact) mass is 294 g/mol. The predicted molar refractivity (Wildman–Crippen MR) is 79.4 cm³/mol. The molecule has 1 aromatic heterocycles. The van der Waals surface area contributed by atoms with Gasteiger partial charge in [0.1, 0.15) is 0 Å². The van der Waals surface area contributed by atoms with Crippen LogP contribution in [0, 0.1) is 11.8 Å². The van der Waals surface area contributed by atoms with Gasteiger partial charge in [-0.05, 0) is 24.3 Å². The molecule has 0 bridgehead atoms. The van der Waals surface area contributed by atoms with Gasteiger partial charge in [0.05, 0.1) is 0 Å². The average molecular weight is 294 g/mol. The molecule has 116 valence electrons. The number of aromatic amines is 1. The van der Waals surface area contributed by atoms with Gasteiger partial charge in [0.25, 0.3) is 5.91 Å². The molecule has 0 saturated carbocycles. The molecule has 6 nitrogen and oxygen atoms in total. The third-order valence-corrected chi connectivity index (χ3v) is 2.92. The first-order valence-corrected chi connectivity index (χ1v) is 7.01. The highest BCUT2D eigenvalue weighted by Gasteiger charge is 2.12. The molecule has 6 heteroatoms. The summed E-state index contributed by atoms with van der Waals surface area (Å²) in [4.78, 5) is 36.9. The van der Waals surface area contributed by atoms with Crippen molar-refractivity contribution in [2.24, 2.45) is 11.8 Å². The second-order valence-electron chi connectivity index (χ2n) is 5.77. The number of hydrogen-bond donors (Lipinski definition) is 3. The molecular formula is C15H22N2O4. The summed E-state index contributed by atoms with van der Waals surface area (Å²) in [6.07, 6.45) is 0.681. The van der Waals surface area contributed by atoms with Gasteiger partial charge in [-0.15, -0.1) is 0 Å². The van der Waals surface area contributed by atoms with E-state index >= 15 is 0 Å². The number of amides is 1. The number of carboxylic acids is 1. The summed E-state index contributed by atoms with van der Waals surface area (Å²) in [6.45, 7) is 6.06. The lowest BCUT2D eigenvalue weighted by Crippen LogP contribution is -2.30. The number of hydrogen-bond acceptors (Lipinski definition) is 3. The van der Waals surface area contributed by atoms with E-state index in [-0.39, 0.29) is 30.3 Å². The number of carboxylic acid groups (broad SMARTS) is 1. The van der Waals surface area contributed by atoms with Crippen LogP contribution in [0.2, 0.25) is 0 Å². The number of aromatic nitrogens is 1. The highest BCUT2D eigenvalue weighted by molar-refractivity contribution is 5.94. The Balaban J connectivity index is 2.71. The largest absolute Gasteiger partial charge is 0.481 e. The van der Waals surface area contributed by atoms with Crippen LogP contribution in [0.1, 0.15) is 43.2 Å². The van der Waals surface area contributed by atoms with E-state index in [0.717, 1.165) is 5.69 Å². The number of aliphatic carboxylic acids is 1. The molecule has 0 radical (unpaired) electrons. The van der Waals surface area contributed by atoms with Gasteiger partial charge in [-0.25, -0.2) is 0 Å². The summed E-state index contributed by atoms with van der Waals surface area (Å²) < 4.78 is 0. The lowest BCUT2D eigenvalue weighted by molar-refractivity contribution is -0.137. The SMILES string of the molecule is CC(C)Cc1cc(C(=O)NCC(C)CC(=O)O)cc(=O)[nH]1. The number of H-pyrrole nitrogens is 1. The number of rotatable bonds is 7. The maximum absolute atomic E-state index is 12.0. The second-order valence-corrected chi connectivity index (χ2v) is 5.77. The zero-order valence-electron chi connectivity index (χ0n) is 12.6. The van der Waals surface area contributed by atoms with Crippen LogP contribution in [-0.4, -0.2) is 28.5 Å². The van der Waals surface area contributed by atoms with Crippen LogP contribution in [0.3, 0.4) is 0 Å². The first-order chi connectivity index (χ1) is 9.77. The van der Waals surface area contributed by atoms with Crippen molar-refractivity contribution in [2.75, 3.05) is 6.54 Å². The highest BCUT2D eigenvalue weighted by Crippen LogP contribution is 2.06. The molecule has 0 aromatic carbocycles. The van der Waals surface area contributed by atoms with Crippen molar-refractivity contribution < 1.29 is 14.7 Å². The van der Waals surface area contributed by atoms with Crippen molar-refractivity contribution in [3.05, 3.63) is 33.7 Å². The molecule has 1 rings (SSSR count). The molecular weight excluding hydrogens is 272 g/mol. The van der Waals surface area contributed by atoms with Crippen molar-refractivity contribution in [1.82, 2.24) is 10.3 Å². The summed E-state index contributed by atoms with van der Waals surface area (Å²) in [5.74, 6) is -1.05. The van der Waals surface area contributed by atoms with E-state index in [0.29, 0.717) is 17.9 Å². The summed E-state index contributed by atoms with van der Waals surface area (Å²) in [5, 5.41) is 11.3. The van der Waals surface area contributed by atoms with E-state index in [9.17, 15) is 14.4 Å². The first-order valence-electron chi connectivity index (χ1n) is 7.01. The Kier molecular flexibility index (Phi) is 6.14. The maximum atomic E-state index is 12.0. The topological polar surface area (TPSA) is 99.3 Å². The maximum Gasteiger partial charge on any atom is 0.303 e. The smallest absolute Gasteiger partial charge is 0.303 e. The van der Waals surface area contributed by atoms with E-state index in [4.69, 9.17) is 5.11 Å². The molecule has 3 N–H and O–H groups in total. The Labute approximate surface area is 123 Å². The van der Waals surface area contributed by atoms with E-state index < -0.39 is 5.97 Å². The fourth-order valence-electron chi connectivity index (χ4n) is 2.02. The number of carbonyl (C=O) groups is 2. The van der Waals surface area contributed by atoms with Gasteiger partial charge in [0.2, 0.25) is 5.56 Å². The molecule has 21 heavy (non-hydrogen) atoms. The van der Waals surface area contributed by atoms with E-state index in [1.54, 1.807) is 13.0 Å². The van der Waals surface area contributed by atoms with E-state index in [1.165, 1.54) is 6.07 Å². The third kappa shape index (κ3) is 6.25. The molecule has 1 atom stereocenters. The van der Waals surface area contributed by atoms with Crippen LogP contribution >= 0.6 is 0 Å². The van der Waals surface area contributed by atoms with Crippen LogP contribution in [0.4, 0.5) is 0 Å². The Bertz CT molecular complexity index is 563. The van der Waals surface area contributed by atoms with Crippen LogP contribution in [0.25, 0.3) is 0 Å². The zero-order chi connectivity index (χ0) is 16.0. The minimum absolute atomic E-state index is 0.00570. The predicted octanol–water partition coefficient (Wildman–Crippen LogP) is 1.41. The van der Waals surface area contributed by atoms with Gasteiger partial charge in [0.15, 0.2) is 0 Å². The van der Waals surface area contributed by atoms with Gasteiger partial charge in [-0.3, -0.25) is 14.4 Å². The van der Waals surface area contributed by atoms with Gasteiger partial charge >= 0.3 is 5.97 Å². The minimum Gasteiger partial charge on any atom is -0.481 e. The Morgan fingerprint density at radius 1 is 1.29 bits per heavy atom. The Hall–Kier alpha value is -2.11. The van der Waals surface area contributed by atoms with Gasteiger partial charge in [0, 0.05) is 30.3 Å². The number of pyridine rings is 1. The molecule has 0 spiro atoms. The van der Waals surface area contributed by atoms with Gasteiger partial charge < -0.3 is 15.4 Å². The molecule has 1 unspecified atom stereocenters. The summed E-state index contributed by atoms with van der Waals surface area (Å²) in [6, 6.07) is 2.92. The van der Waals surface area contributed by atoms with Crippen LogP contribution in [0.5, 0.6) is 0 Å². The molecule has 0 saturated heterocycles. The molecule has 0 aliphatic rings. The average Bonchev–Trinajstić information content (AvgIpc) is 2.33. The van der Waals surface area contributed by atoms with Crippen LogP contribution in [0.15, 0.2) is 16.9 Å². The Morgan fingerprint density at radius 2 is 1.95 bits per heavy atom. The lowest BCUT2D eigenvalue weighted by atomic mass is 10.1. The molecule has 0 fully saturated rings. The fourth-order valence-corrected chi connectivity index (χ4v) is 2.02. The van der Waals surface area contributed by atoms with Gasteiger partial charge in [-0.1, -0.05) is 20.8 Å². The van der Waals surface area contributed by atoms with Crippen molar-refractivity contribution in [3.8, 4) is 0 Å². The normalized spacial score (nSPS) is 12.2. The second kappa shape index (κ2) is 7.61. The molecule has 1 aromatic rings. The fraction of sp³-hybridized carbons (Fsp3) is 0.533. The molecule has 0 aliphatic carbocycles. The summed E-state index contributed by atoms with van der Waals surface area (Å²) >= 11 is 0. The van der Waals surface area contributed by atoms with Gasteiger partial charge in [-0.2, -0.15) is 0 Å². The van der Waals surface area contributed by atoms with Crippen molar-refractivity contribution in [3.63, 3.8) is 0 Å². The van der Waals surface area contributed by atoms with E-state index in [2.05, 4.69) is 10.3 Å². The molecule has 0 aliphatic heterocycles. The van der Waals surface area contributed by atoms with Crippen molar-refractivity contribution in [1.29, 1.82) is 0 Å². The number of carbonyl (C=O) groups excluding carboxylic acids is 1. The third-order valence-electron chi connectivity index (χ3n) is 2.92. The van der Waals surface area contributed by atoms with E-state index in [1.807, 2.05) is 13.8 Å². The summed E-state index contributed by atoms with van der Waals surface area (Å²) in [5.41, 5.74) is 0.718. The van der Waals surface area contributed by atoms with Crippen molar-refractivity contribution >= 4 is 11.9 Å². The van der Waals surface area contributed by atoms with Crippen LogP contribution in [-0.2, 0) is 11.2 Å². The zero-order valence-corrected chi connectivity index (χ0v) is 12.6. The minimum atomic E-state index is -0.896.